The van der Waals surface area contributed by atoms with Crippen LogP contribution >= 0.6 is 0 Å². The third-order valence-corrected chi connectivity index (χ3v) is 5.05. The van der Waals surface area contributed by atoms with Crippen LogP contribution in [0.25, 0.3) is 11.1 Å². The van der Waals surface area contributed by atoms with Gasteiger partial charge in [0.25, 0.3) is 0 Å². The number of hydrogen-bond donors (Lipinski definition) is 1. The van der Waals surface area contributed by atoms with Crippen molar-refractivity contribution in [2.75, 3.05) is 43.4 Å². The second kappa shape index (κ2) is 8.40. The van der Waals surface area contributed by atoms with Crippen LogP contribution in [0.15, 0.2) is 49.1 Å². The fraction of sp³-hybridized carbons (Fsp3) is 0.333. The second-order valence-electron chi connectivity index (χ2n) is 7.35. The summed E-state index contributed by atoms with van der Waals surface area (Å²) in [6.07, 6.45) is 7.20. The highest BCUT2D eigenvalue weighted by atomic mass is 16.2. The molecule has 0 atom stereocenters. The van der Waals surface area contributed by atoms with Gasteiger partial charge in [0, 0.05) is 49.8 Å². The van der Waals surface area contributed by atoms with E-state index in [0.29, 0.717) is 5.82 Å². The molecule has 1 N–H and O–H groups in total. The minimum absolute atomic E-state index is 0.131. The molecule has 4 rings (SSSR count). The van der Waals surface area contributed by atoms with Crippen LogP contribution in [0.5, 0.6) is 0 Å². The lowest BCUT2D eigenvalue weighted by molar-refractivity contribution is -0.116. The van der Waals surface area contributed by atoms with Crippen LogP contribution < -0.4 is 10.2 Å². The molecule has 0 bridgehead atoms. The van der Waals surface area contributed by atoms with E-state index in [-0.39, 0.29) is 12.5 Å². The first-order valence-corrected chi connectivity index (χ1v) is 9.72. The van der Waals surface area contributed by atoms with Crippen LogP contribution in [0.1, 0.15) is 5.69 Å². The van der Waals surface area contributed by atoms with E-state index in [2.05, 4.69) is 37.2 Å². The summed E-state index contributed by atoms with van der Waals surface area (Å²) >= 11 is 0. The van der Waals surface area contributed by atoms with E-state index in [0.717, 1.165) is 48.7 Å². The van der Waals surface area contributed by atoms with Crippen molar-refractivity contribution in [1.29, 1.82) is 0 Å². The number of nitrogens with zero attached hydrogens (tertiary/aromatic N) is 6. The minimum atomic E-state index is -0.162. The summed E-state index contributed by atoms with van der Waals surface area (Å²) in [5, 5.41) is 7.13. The molecule has 0 saturated carbocycles. The fourth-order valence-electron chi connectivity index (χ4n) is 3.37. The number of carbonyl (C=O) groups excluding carboxylic acids is 1. The number of rotatable bonds is 5. The predicted molar refractivity (Wildman–Crippen MR) is 113 cm³/mol. The monoisotopic (exact) mass is 391 g/mol. The third kappa shape index (κ3) is 4.78. The van der Waals surface area contributed by atoms with Crippen LogP contribution in [0.3, 0.4) is 0 Å². The van der Waals surface area contributed by atoms with Gasteiger partial charge in [-0.15, -0.1) is 0 Å². The number of anilines is 2. The van der Waals surface area contributed by atoms with E-state index < -0.39 is 0 Å². The predicted octanol–water partition coefficient (Wildman–Crippen LogP) is 2.04. The quantitative estimate of drug-likeness (QED) is 0.717. The number of carbonyl (C=O) groups is 1. The lowest BCUT2D eigenvalue weighted by Gasteiger charge is -2.33. The SMILES string of the molecule is Cc1cc(-c2cnn(CC(=O)Nc3ccc(N4CCN(C)CC4)cn3)c2)ccn1. The summed E-state index contributed by atoms with van der Waals surface area (Å²) in [6, 6.07) is 7.78. The Morgan fingerprint density at radius 1 is 1.07 bits per heavy atom. The topological polar surface area (TPSA) is 79.2 Å². The first kappa shape index (κ1) is 19.1. The van der Waals surface area contributed by atoms with Crippen molar-refractivity contribution in [2.45, 2.75) is 13.5 Å². The highest BCUT2D eigenvalue weighted by Crippen LogP contribution is 2.19. The molecule has 3 aromatic rings. The first-order chi connectivity index (χ1) is 14.1. The number of likely N-dealkylation sites (N-methyl/N-ethyl adjacent to an activating group) is 1. The number of aryl methyl sites for hydroxylation is 1. The lowest BCUT2D eigenvalue weighted by Crippen LogP contribution is -2.44. The summed E-state index contributed by atoms with van der Waals surface area (Å²) < 4.78 is 1.62. The molecule has 1 aliphatic rings. The summed E-state index contributed by atoms with van der Waals surface area (Å²) in [6.45, 7) is 6.15. The molecule has 8 heteroatoms. The highest BCUT2D eigenvalue weighted by molar-refractivity contribution is 5.89. The van der Waals surface area contributed by atoms with E-state index in [9.17, 15) is 4.79 Å². The summed E-state index contributed by atoms with van der Waals surface area (Å²) in [4.78, 5) is 25.6. The Hall–Kier alpha value is -3.26. The van der Waals surface area contributed by atoms with Gasteiger partial charge in [0.1, 0.15) is 12.4 Å². The first-order valence-electron chi connectivity index (χ1n) is 9.72. The van der Waals surface area contributed by atoms with Gasteiger partial charge in [0.05, 0.1) is 18.1 Å². The van der Waals surface area contributed by atoms with Crippen molar-refractivity contribution >= 4 is 17.4 Å². The average Bonchev–Trinajstić information content (AvgIpc) is 3.18. The number of pyridine rings is 2. The molecule has 150 valence electrons. The summed E-state index contributed by atoms with van der Waals surface area (Å²) in [7, 11) is 2.13. The molecular formula is C21H25N7O. The molecule has 4 heterocycles. The Kier molecular flexibility index (Phi) is 5.53. The Bertz CT molecular complexity index is 975. The van der Waals surface area contributed by atoms with E-state index in [1.807, 2.05) is 43.6 Å². The van der Waals surface area contributed by atoms with E-state index in [1.165, 1.54) is 0 Å². The largest absolute Gasteiger partial charge is 0.368 e. The number of piperazine rings is 1. The molecule has 0 aliphatic carbocycles. The van der Waals surface area contributed by atoms with Crippen molar-refractivity contribution in [3.05, 3.63) is 54.7 Å². The van der Waals surface area contributed by atoms with Crippen LogP contribution in [0.2, 0.25) is 0 Å². The molecule has 29 heavy (non-hydrogen) atoms. The molecule has 8 nitrogen and oxygen atoms in total. The standard InChI is InChI=1S/C21H25N7O/c1-16-11-17(5-6-22-16)18-12-24-28(14-18)15-21(29)25-20-4-3-19(13-23-20)27-9-7-26(2)8-10-27/h3-6,11-14H,7-10,15H2,1-2H3,(H,23,25,29). The average molecular weight is 391 g/mol. The number of hydrogen-bond acceptors (Lipinski definition) is 6. The zero-order valence-corrected chi connectivity index (χ0v) is 16.7. The molecule has 0 unspecified atom stereocenters. The van der Waals surface area contributed by atoms with Gasteiger partial charge in [0.15, 0.2) is 0 Å². The number of amides is 1. The molecule has 0 spiro atoms. The molecule has 3 aromatic heterocycles. The molecular weight excluding hydrogens is 366 g/mol. The Morgan fingerprint density at radius 2 is 1.90 bits per heavy atom. The van der Waals surface area contributed by atoms with Crippen molar-refractivity contribution in [3.8, 4) is 11.1 Å². The van der Waals surface area contributed by atoms with Gasteiger partial charge in [-0.2, -0.15) is 5.10 Å². The number of aromatic nitrogens is 4. The minimum Gasteiger partial charge on any atom is -0.368 e. The van der Waals surface area contributed by atoms with Gasteiger partial charge < -0.3 is 15.1 Å². The van der Waals surface area contributed by atoms with E-state index in [1.54, 1.807) is 17.1 Å². The van der Waals surface area contributed by atoms with E-state index >= 15 is 0 Å². The van der Waals surface area contributed by atoms with Gasteiger partial charge in [-0.3, -0.25) is 14.5 Å². The van der Waals surface area contributed by atoms with Crippen LogP contribution in [-0.2, 0) is 11.3 Å². The Morgan fingerprint density at radius 3 is 2.62 bits per heavy atom. The Labute approximate surface area is 170 Å². The maximum Gasteiger partial charge on any atom is 0.247 e. The molecule has 1 amide bonds. The molecule has 0 aromatic carbocycles. The van der Waals surface area contributed by atoms with Crippen LogP contribution in [-0.4, -0.2) is 63.8 Å². The zero-order valence-electron chi connectivity index (χ0n) is 16.7. The van der Waals surface area contributed by atoms with Crippen LogP contribution in [0.4, 0.5) is 11.5 Å². The van der Waals surface area contributed by atoms with Gasteiger partial charge in [-0.1, -0.05) is 0 Å². The molecule has 1 fully saturated rings. The van der Waals surface area contributed by atoms with Crippen LogP contribution in [0, 0.1) is 6.92 Å². The maximum atomic E-state index is 12.4. The number of nitrogens with one attached hydrogen (secondary N) is 1. The van der Waals surface area contributed by atoms with Crippen molar-refractivity contribution in [3.63, 3.8) is 0 Å². The fourth-order valence-corrected chi connectivity index (χ4v) is 3.37. The highest BCUT2D eigenvalue weighted by Gasteiger charge is 2.15. The maximum absolute atomic E-state index is 12.4. The van der Waals surface area contributed by atoms with E-state index in [4.69, 9.17) is 0 Å². The lowest BCUT2D eigenvalue weighted by atomic mass is 10.1. The smallest absolute Gasteiger partial charge is 0.247 e. The normalized spacial score (nSPS) is 14.8. The molecule has 1 saturated heterocycles. The van der Waals surface area contributed by atoms with Crippen molar-refractivity contribution in [1.82, 2.24) is 24.6 Å². The van der Waals surface area contributed by atoms with Gasteiger partial charge in [-0.25, -0.2) is 4.98 Å². The molecule has 0 radical (unpaired) electrons. The third-order valence-electron chi connectivity index (χ3n) is 5.05. The zero-order chi connectivity index (χ0) is 20.2. The van der Waals surface area contributed by atoms with Crippen molar-refractivity contribution < 1.29 is 4.79 Å². The van der Waals surface area contributed by atoms with Gasteiger partial charge >= 0.3 is 0 Å². The Balaban J connectivity index is 1.34. The summed E-state index contributed by atoms with van der Waals surface area (Å²) in [5.41, 5.74) is 4.02. The second-order valence-corrected chi connectivity index (χ2v) is 7.35. The van der Waals surface area contributed by atoms with Crippen molar-refractivity contribution in [2.24, 2.45) is 0 Å². The van der Waals surface area contributed by atoms with Gasteiger partial charge in [0.2, 0.25) is 5.91 Å². The molecule has 1 aliphatic heterocycles. The van der Waals surface area contributed by atoms with Gasteiger partial charge in [-0.05, 0) is 43.8 Å². The summed E-state index contributed by atoms with van der Waals surface area (Å²) in [5.74, 6) is 0.385.